The van der Waals surface area contributed by atoms with Gasteiger partial charge in [0.25, 0.3) is 0 Å². The van der Waals surface area contributed by atoms with E-state index in [9.17, 15) is 4.79 Å². The summed E-state index contributed by atoms with van der Waals surface area (Å²) < 4.78 is 0. The molecule has 0 unspecified atom stereocenters. The van der Waals surface area contributed by atoms with Crippen LogP contribution >= 0.6 is 11.6 Å². The molecule has 0 aliphatic carbocycles. The van der Waals surface area contributed by atoms with Crippen molar-refractivity contribution in [1.82, 2.24) is 15.2 Å². The number of anilines is 1. The molecule has 0 amide bonds. The van der Waals surface area contributed by atoms with Gasteiger partial charge in [0.2, 0.25) is 0 Å². The summed E-state index contributed by atoms with van der Waals surface area (Å²) in [4.78, 5) is 13.5. The number of nitrogens with one attached hydrogen (secondary N) is 1. The lowest BCUT2D eigenvalue weighted by Crippen LogP contribution is -2.14. The number of aromatic amines is 1. The molecule has 0 aliphatic heterocycles. The first-order valence-electron chi connectivity index (χ1n) is 2.08. The van der Waals surface area contributed by atoms with Crippen LogP contribution in [0.1, 0.15) is 0 Å². The van der Waals surface area contributed by atoms with Crippen molar-refractivity contribution in [1.29, 1.82) is 0 Å². The van der Waals surface area contributed by atoms with Gasteiger partial charge >= 0.3 is 5.69 Å². The molecule has 6 heteroatoms. The second-order valence-electron chi connectivity index (χ2n) is 1.32. The van der Waals surface area contributed by atoms with Crippen molar-refractivity contribution in [3.05, 3.63) is 15.6 Å². The quantitative estimate of drug-likeness (QED) is 0.512. The average molecular weight is 147 g/mol. The number of aromatic nitrogens is 3. The molecule has 3 N–H and O–H groups in total. The van der Waals surface area contributed by atoms with Crippen LogP contribution < -0.4 is 11.4 Å². The number of hydrogen-bond acceptors (Lipinski definition) is 4. The Morgan fingerprint density at radius 2 is 2.33 bits per heavy atom. The SMILES string of the molecule is Nc1nc(=O)[nH]nc1Cl. The summed E-state index contributed by atoms with van der Waals surface area (Å²) in [6.45, 7) is 0. The zero-order chi connectivity index (χ0) is 6.85. The summed E-state index contributed by atoms with van der Waals surface area (Å²) in [6, 6.07) is 0. The lowest BCUT2D eigenvalue weighted by molar-refractivity contribution is 0.922. The van der Waals surface area contributed by atoms with E-state index in [0.29, 0.717) is 0 Å². The van der Waals surface area contributed by atoms with E-state index < -0.39 is 5.69 Å². The van der Waals surface area contributed by atoms with Crippen LogP contribution in [-0.4, -0.2) is 15.2 Å². The van der Waals surface area contributed by atoms with Crippen molar-refractivity contribution in [3.63, 3.8) is 0 Å². The molecule has 48 valence electrons. The van der Waals surface area contributed by atoms with Gasteiger partial charge in [-0.3, -0.25) is 0 Å². The van der Waals surface area contributed by atoms with Gasteiger partial charge in [-0.15, -0.1) is 0 Å². The van der Waals surface area contributed by atoms with Gasteiger partial charge < -0.3 is 5.73 Å². The van der Waals surface area contributed by atoms with Gasteiger partial charge in [-0.2, -0.15) is 10.1 Å². The number of H-pyrrole nitrogens is 1. The molecular formula is C3H3ClN4O. The number of nitrogens with two attached hydrogens (primary N) is 1. The van der Waals surface area contributed by atoms with Gasteiger partial charge in [0.15, 0.2) is 11.0 Å². The van der Waals surface area contributed by atoms with Crippen LogP contribution in [0.25, 0.3) is 0 Å². The summed E-state index contributed by atoms with van der Waals surface area (Å²) in [6.07, 6.45) is 0. The van der Waals surface area contributed by atoms with Gasteiger partial charge in [-0.25, -0.2) is 9.89 Å². The van der Waals surface area contributed by atoms with Crippen molar-refractivity contribution in [3.8, 4) is 0 Å². The van der Waals surface area contributed by atoms with E-state index >= 15 is 0 Å². The third-order valence-electron chi connectivity index (χ3n) is 0.683. The third kappa shape index (κ3) is 1.17. The molecule has 0 fully saturated rings. The summed E-state index contributed by atoms with van der Waals surface area (Å²) in [5.41, 5.74) is 4.50. The topological polar surface area (TPSA) is 84.7 Å². The van der Waals surface area contributed by atoms with Crippen LogP contribution in [0.4, 0.5) is 5.82 Å². The molecule has 0 aromatic carbocycles. The Bertz CT molecular complexity index is 269. The number of halogens is 1. The van der Waals surface area contributed by atoms with Crippen molar-refractivity contribution >= 4 is 17.4 Å². The van der Waals surface area contributed by atoms with Gasteiger partial charge in [-0.05, 0) is 0 Å². The lowest BCUT2D eigenvalue weighted by atomic mass is 10.8. The fraction of sp³-hybridized carbons (Fsp3) is 0. The molecule has 0 atom stereocenters. The zero-order valence-electron chi connectivity index (χ0n) is 4.26. The number of nitrogen functional groups attached to an aromatic ring is 1. The van der Waals surface area contributed by atoms with E-state index in [1.54, 1.807) is 0 Å². The minimum Gasteiger partial charge on any atom is -0.381 e. The zero-order valence-corrected chi connectivity index (χ0v) is 5.01. The third-order valence-corrected chi connectivity index (χ3v) is 0.961. The van der Waals surface area contributed by atoms with E-state index in [0.717, 1.165) is 0 Å². The molecule has 0 saturated carbocycles. The molecule has 0 aliphatic rings. The van der Waals surface area contributed by atoms with E-state index in [1.807, 2.05) is 5.10 Å². The Hall–Kier alpha value is -1.10. The monoisotopic (exact) mass is 146 g/mol. The molecule has 1 rings (SSSR count). The maximum Gasteiger partial charge on any atom is 0.363 e. The average Bonchev–Trinajstić information content (AvgIpc) is 1.80. The lowest BCUT2D eigenvalue weighted by Gasteiger charge is -1.88. The van der Waals surface area contributed by atoms with Gasteiger partial charge in [0.1, 0.15) is 0 Å². The number of nitrogens with zero attached hydrogens (tertiary/aromatic N) is 2. The highest BCUT2D eigenvalue weighted by Crippen LogP contribution is 2.05. The van der Waals surface area contributed by atoms with E-state index in [4.69, 9.17) is 17.3 Å². The maximum atomic E-state index is 10.3. The molecule has 1 aromatic heterocycles. The largest absolute Gasteiger partial charge is 0.381 e. The summed E-state index contributed by atoms with van der Waals surface area (Å²) >= 11 is 5.31. The highest BCUT2D eigenvalue weighted by Gasteiger charge is 1.96. The minimum atomic E-state index is -0.600. The van der Waals surface area contributed by atoms with Crippen LogP contribution in [0, 0.1) is 0 Å². The summed E-state index contributed by atoms with van der Waals surface area (Å²) in [5.74, 6) is -0.0552. The Kier molecular flexibility index (Phi) is 1.35. The van der Waals surface area contributed by atoms with E-state index in [2.05, 4.69) is 10.1 Å². The molecular weight excluding hydrogens is 144 g/mol. The van der Waals surface area contributed by atoms with Crippen molar-refractivity contribution in [2.24, 2.45) is 0 Å². The van der Waals surface area contributed by atoms with Crippen LogP contribution in [0.15, 0.2) is 4.79 Å². The second-order valence-corrected chi connectivity index (χ2v) is 1.67. The molecule has 1 aromatic rings. The van der Waals surface area contributed by atoms with Crippen molar-refractivity contribution in [2.45, 2.75) is 0 Å². The normalized spacial score (nSPS) is 9.44. The Morgan fingerprint density at radius 1 is 1.67 bits per heavy atom. The first-order chi connectivity index (χ1) is 4.20. The van der Waals surface area contributed by atoms with Crippen LogP contribution in [0.5, 0.6) is 0 Å². The van der Waals surface area contributed by atoms with Gasteiger partial charge in [-0.1, -0.05) is 11.6 Å². The first kappa shape index (κ1) is 6.03. The molecule has 0 saturated heterocycles. The molecule has 1 heterocycles. The highest BCUT2D eigenvalue weighted by atomic mass is 35.5. The van der Waals surface area contributed by atoms with Crippen molar-refractivity contribution in [2.75, 3.05) is 5.73 Å². The molecule has 5 nitrogen and oxygen atoms in total. The fourth-order valence-corrected chi connectivity index (χ4v) is 0.419. The van der Waals surface area contributed by atoms with Crippen LogP contribution in [0.3, 0.4) is 0 Å². The summed E-state index contributed by atoms with van der Waals surface area (Å²) in [7, 11) is 0. The Balaban J connectivity index is 3.34. The second kappa shape index (κ2) is 2.02. The van der Waals surface area contributed by atoms with Gasteiger partial charge in [0, 0.05) is 0 Å². The predicted molar refractivity (Wildman–Crippen MR) is 32.1 cm³/mol. The fourth-order valence-electron chi connectivity index (χ4n) is 0.335. The predicted octanol–water partition coefficient (Wildman–Crippen LogP) is -0.600. The summed E-state index contributed by atoms with van der Waals surface area (Å²) in [5, 5.41) is 5.34. The van der Waals surface area contributed by atoms with Crippen LogP contribution in [-0.2, 0) is 0 Å². The number of rotatable bonds is 0. The maximum absolute atomic E-state index is 10.3. The minimum absolute atomic E-state index is 0.00889. The smallest absolute Gasteiger partial charge is 0.363 e. The first-order valence-corrected chi connectivity index (χ1v) is 2.45. The highest BCUT2D eigenvalue weighted by molar-refractivity contribution is 6.31. The Morgan fingerprint density at radius 3 is 2.78 bits per heavy atom. The molecule has 9 heavy (non-hydrogen) atoms. The molecule has 0 radical (unpaired) electrons. The van der Waals surface area contributed by atoms with E-state index in [1.165, 1.54) is 0 Å². The molecule has 0 bridgehead atoms. The number of hydrogen-bond donors (Lipinski definition) is 2. The Labute approximate surface area is 54.9 Å². The van der Waals surface area contributed by atoms with Crippen LogP contribution in [0.2, 0.25) is 5.15 Å². The van der Waals surface area contributed by atoms with Crippen molar-refractivity contribution < 1.29 is 0 Å². The van der Waals surface area contributed by atoms with E-state index in [-0.39, 0.29) is 11.0 Å². The molecule has 0 spiro atoms. The standard InChI is InChI=1S/C3H3ClN4O/c4-1-2(5)6-3(9)8-7-1/h(H3,5,6,8,9). The van der Waals surface area contributed by atoms with Gasteiger partial charge in [0.05, 0.1) is 0 Å².